The minimum Gasteiger partial charge on any atom is -0.762 e. The van der Waals surface area contributed by atoms with Crippen molar-refractivity contribution in [2.75, 3.05) is 0 Å². The summed E-state index contributed by atoms with van der Waals surface area (Å²) in [5.41, 5.74) is -0.514. The van der Waals surface area contributed by atoms with E-state index in [0.717, 1.165) is 0 Å². The van der Waals surface area contributed by atoms with Crippen LogP contribution in [0.15, 0.2) is 11.1 Å². The molecule has 0 aliphatic rings. The van der Waals surface area contributed by atoms with Gasteiger partial charge < -0.3 is 10.8 Å². The molecule has 0 unspecified atom stereocenters. The van der Waals surface area contributed by atoms with E-state index in [1.807, 2.05) is 0 Å². The molecule has 0 aromatic carbocycles. The van der Waals surface area contributed by atoms with Crippen LogP contribution in [0.2, 0.25) is 0 Å². The number of nitriles is 2. The van der Waals surface area contributed by atoms with Gasteiger partial charge in [-0.15, -0.1) is 0 Å². The number of hydrogen-bond acceptors (Lipinski definition) is 5. The molecule has 72 valence electrons. The van der Waals surface area contributed by atoms with Crippen LogP contribution in [0.5, 0.6) is 0 Å². The summed E-state index contributed by atoms with van der Waals surface area (Å²) in [5, 5.41) is 33.9. The van der Waals surface area contributed by atoms with Crippen LogP contribution in [0.4, 0.5) is 0 Å². The first-order valence-electron chi connectivity index (χ1n) is 3.21. The largest absolute Gasteiger partial charge is 1.00 e. The van der Waals surface area contributed by atoms with E-state index in [-0.39, 0.29) is 78.7 Å². The number of thioether (sulfide) groups is 1. The second-order valence-corrected chi connectivity index (χ2v) is 4.23. The molecule has 0 aromatic rings. The van der Waals surface area contributed by atoms with Gasteiger partial charge in [-0.2, -0.15) is 10.5 Å². The third kappa shape index (κ3) is 8.18. The summed E-state index contributed by atoms with van der Waals surface area (Å²) >= 11 is 10.2. The van der Waals surface area contributed by atoms with Crippen LogP contribution in [0.3, 0.4) is 0 Å². The normalized spacial score (nSPS) is 6.47. The van der Waals surface area contributed by atoms with Crippen LogP contribution in [0, 0.1) is 22.7 Å². The Morgan fingerprint density at radius 1 is 0.882 bits per heavy atom. The van der Waals surface area contributed by atoms with Gasteiger partial charge in [-0.1, -0.05) is 36.2 Å². The van der Waals surface area contributed by atoms with E-state index in [9.17, 15) is 0 Å². The van der Waals surface area contributed by atoms with E-state index in [1.165, 1.54) is 0 Å². The Morgan fingerprint density at radius 3 is 1.35 bits per heavy atom. The van der Waals surface area contributed by atoms with E-state index in [4.69, 9.17) is 45.8 Å². The van der Waals surface area contributed by atoms with Crippen molar-refractivity contribution in [2.24, 2.45) is 0 Å². The van der Waals surface area contributed by atoms with Crippen LogP contribution >= 0.6 is 36.2 Å². The van der Waals surface area contributed by atoms with Crippen molar-refractivity contribution in [3.8, 4) is 12.1 Å². The summed E-state index contributed by atoms with van der Waals surface area (Å²) in [5.74, 6) is 3.18. The van der Waals surface area contributed by atoms with Crippen molar-refractivity contribution >= 4 is 56.3 Å². The van der Waals surface area contributed by atoms with Gasteiger partial charge in [0.1, 0.15) is 20.5 Å². The number of hydrogen-bond donors (Lipinski definition) is 0. The molecular formula is C8N4Na2S3. The Bertz CT molecular complexity index is 456. The van der Waals surface area contributed by atoms with Gasteiger partial charge in [0.05, 0.1) is 11.1 Å². The van der Waals surface area contributed by atoms with Gasteiger partial charge in [-0.25, -0.2) is 11.7 Å². The Balaban J connectivity index is -0.000000980. The molecule has 4 nitrogen and oxygen atoms in total. The predicted molar refractivity (Wildman–Crippen MR) is 67.8 cm³/mol. The number of rotatable bonds is 2. The SMILES string of the molecule is N#CC(=C=[N-])C(=S)SC(=S)C(=C=[N-])C#N.[Na+].[Na+]. The summed E-state index contributed by atoms with van der Waals surface area (Å²) in [7, 11) is 0. The van der Waals surface area contributed by atoms with E-state index in [1.54, 1.807) is 23.9 Å². The van der Waals surface area contributed by atoms with Crippen LogP contribution in [-0.4, -0.2) is 20.1 Å². The maximum Gasteiger partial charge on any atom is 1.00 e. The molecule has 9 heteroatoms. The second-order valence-electron chi connectivity index (χ2n) is 1.87. The van der Waals surface area contributed by atoms with Crippen LogP contribution in [-0.2, 0) is 0 Å². The summed E-state index contributed by atoms with van der Waals surface area (Å²) in [6, 6.07) is 3.18. The molecule has 0 aliphatic carbocycles. The minimum absolute atomic E-state index is 0. The Labute approximate surface area is 158 Å². The molecule has 0 aliphatic heterocycles. The first-order valence-corrected chi connectivity index (χ1v) is 4.84. The van der Waals surface area contributed by atoms with Crippen LogP contribution in [0.25, 0.3) is 10.8 Å². The maximum absolute atomic E-state index is 8.47. The molecule has 0 saturated carbocycles. The second kappa shape index (κ2) is 12.9. The molecule has 0 saturated heterocycles. The molecule has 0 atom stereocenters. The minimum atomic E-state index is -0.257. The molecule has 0 aromatic heterocycles. The Morgan fingerprint density at radius 2 is 1.18 bits per heavy atom. The molecular weight excluding hydrogens is 294 g/mol. The fraction of sp³-hybridized carbons (Fsp3) is 0. The maximum atomic E-state index is 8.47. The predicted octanol–water partition coefficient (Wildman–Crippen LogP) is -4.24. The van der Waals surface area contributed by atoms with E-state index >= 15 is 0 Å². The van der Waals surface area contributed by atoms with Crippen molar-refractivity contribution in [1.29, 1.82) is 10.5 Å². The molecule has 0 amide bonds. The van der Waals surface area contributed by atoms with E-state index in [2.05, 4.69) is 0 Å². The van der Waals surface area contributed by atoms with Crippen molar-refractivity contribution in [3.63, 3.8) is 0 Å². The first kappa shape index (κ1) is 22.6. The molecule has 0 spiro atoms. The average Bonchev–Trinajstić information content (AvgIpc) is 2.21. The number of nitrogens with zero attached hydrogens (tertiary/aromatic N) is 4. The molecule has 17 heavy (non-hydrogen) atoms. The fourth-order valence-electron chi connectivity index (χ4n) is 0.419. The van der Waals surface area contributed by atoms with Gasteiger partial charge in [-0.05, 0) is 0 Å². The Kier molecular flexibility index (Phi) is 17.1. The summed E-state index contributed by atoms with van der Waals surface area (Å²) in [6.07, 6.45) is 0. The van der Waals surface area contributed by atoms with Gasteiger partial charge in [0.15, 0.2) is 0 Å². The van der Waals surface area contributed by atoms with Crippen LogP contribution < -0.4 is 59.1 Å². The topological polar surface area (TPSA) is 92.2 Å². The zero-order chi connectivity index (χ0) is 11.8. The van der Waals surface area contributed by atoms with Gasteiger partial charge in [0, 0.05) is 0 Å². The van der Waals surface area contributed by atoms with E-state index in [0.29, 0.717) is 11.8 Å². The first-order chi connectivity index (χ1) is 7.10. The summed E-state index contributed by atoms with van der Waals surface area (Å²) in [6.45, 7) is 0. The molecule has 0 radical (unpaired) electrons. The third-order valence-corrected chi connectivity index (χ3v) is 2.73. The van der Waals surface area contributed by atoms with Crippen molar-refractivity contribution in [1.82, 2.24) is 0 Å². The van der Waals surface area contributed by atoms with Gasteiger partial charge >= 0.3 is 59.1 Å². The number of thiocarbonyl (C=S) groups is 2. The Hall–Kier alpha value is 0.410. The van der Waals surface area contributed by atoms with Gasteiger partial charge in [0.2, 0.25) is 0 Å². The zero-order valence-corrected chi connectivity index (χ0v) is 15.5. The van der Waals surface area contributed by atoms with E-state index < -0.39 is 0 Å². The molecule has 0 N–H and O–H groups in total. The average molecular weight is 294 g/mol. The molecule has 0 rings (SSSR count). The van der Waals surface area contributed by atoms with Gasteiger partial charge in [0.25, 0.3) is 0 Å². The van der Waals surface area contributed by atoms with Gasteiger partial charge in [-0.3, -0.25) is 0 Å². The van der Waals surface area contributed by atoms with Crippen molar-refractivity contribution in [3.05, 3.63) is 22.0 Å². The monoisotopic (exact) mass is 294 g/mol. The van der Waals surface area contributed by atoms with Crippen molar-refractivity contribution < 1.29 is 59.1 Å². The van der Waals surface area contributed by atoms with Crippen LogP contribution in [0.1, 0.15) is 0 Å². The standard InChI is InChI=1S/C8N4S3.2Na/c9-1-5(2-10)7(13)15-8(14)6(3-11)4-12;;/q-2;2*+1. The zero-order valence-electron chi connectivity index (χ0n) is 9.01. The van der Waals surface area contributed by atoms with Crippen molar-refractivity contribution in [2.45, 2.75) is 0 Å². The smallest absolute Gasteiger partial charge is 0.762 e. The quantitative estimate of drug-likeness (QED) is 0.169. The molecule has 0 bridgehead atoms. The summed E-state index contributed by atoms with van der Waals surface area (Å²) in [4.78, 5) is 0. The molecule has 0 fully saturated rings. The third-order valence-electron chi connectivity index (χ3n) is 1.04. The fourth-order valence-corrected chi connectivity index (χ4v) is 1.81. The molecule has 0 heterocycles. The summed E-state index contributed by atoms with van der Waals surface area (Å²) < 4.78 is -0.0685.